The van der Waals surface area contributed by atoms with Crippen molar-refractivity contribution < 1.29 is 18.3 Å². The van der Waals surface area contributed by atoms with Gasteiger partial charge in [0, 0.05) is 0 Å². The van der Waals surface area contributed by atoms with Gasteiger partial charge in [-0.05, 0) is 38.1 Å². The molecular weight excluding hydrogens is 286 g/mol. The van der Waals surface area contributed by atoms with Gasteiger partial charge in [-0.3, -0.25) is 0 Å². The van der Waals surface area contributed by atoms with E-state index in [2.05, 4.69) is 4.72 Å². The molecule has 1 saturated carbocycles. The quantitative estimate of drug-likeness (QED) is 0.885. The van der Waals surface area contributed by atoms with E-state index in [1.165, 1.54) is 11.3 Å². The van der Waals surface area contributed by atoms with Gasteiger partial charge in [0.15, 0.2) is 0 Å². The number of hydrogen-bond acceptors (Lipinski definition) is 5. The van der Waals surface area contributed by atoms with E-state index in [1.54, 1.807) is 13.8 Å². The predicted octanol–water partition coefficient (Wildman–Crippen LogP) is 1.40. The van der Waals surface area contributed by atoms with Gasteiger partial charge in [-0.1, -0.05) is 0 Å². The lowest BCUT2D eigenvalue weighted by Crippen LogP contribution is -2.53. The Bertz CT molecular complexity index is 589. The van der Waals surface area contributed by atoms with Gasteiger partial charge in [-0.25, -0.2) is 13.1 Å². The molecule has 2 aliphatic rings. The van der Waals surface area contributed by atoms with Crippen LogP contribution in [0.2, 0.25) is 0 Å². The third kappa shape index (κ3) is 2.29. The maximum absolute atomic E-state index is 12.1. The van der Waals surface area contributed by atoms with Gasteiger partial charge < -0.3 is 9.84 Å². The summed E-state index contributed by atoms with van der Waals surface area (Å²) in [6, 6.07) is 1.19. The van der Waals surface area contributed by atoms with Gasteiger partial charge in [0.1, 0.15) is 17.5 Å². The van der Waals surface area contributed by atoms with Crippen molar-refractivity contribution in [3.8, 4) is 5.75 Å². The Morgan fingerprint density at radius 1 is 1.47 bits per heavy atom. The molecule has 0 saturated heterocycles. The minimum atomic E-state index is -3.35. The van der Waals surface area contributed by atoms with Crippen molar-refractivity contribution in [3.63, 3.8) is 0 Å². The standard InChI is InChI=1S/C12H17NO4S2/c1-12(2)11(14)9(10-8(17-12)5-6-18-10)13-19(15,16)7-3-4-7/h5-7,9,11,13-14H,3-4H2,1-2H3/t9-,11+/m1/s1. The van der Waals surface area contributed by atoms with Crippen LogP contribution in [-0.2, 0) is 10.0 Å². The number of fused-ring (bicyclic) bond motifs is 1. The number of rotatable bonds is 3. The maximum atomic E-state index is 12.1. The molecule has 0 amide bonds. The lowest BCUT2D eigenvalue weighted by Gasteiger charge is -2.40. The van der Waals surface area contributed by atoms with Crippen LogP contribution in [0.1, 0.15) is 37.6 Å². The fraction of sp³-hybridized carbons (Fsp3) is 0.667. The van der Waals surface area contributed by atoms with E-state index in [-0.39, 0.29) is 5.25 Å². The summed E-state index contributed by atoms with van der Waals surface area (Å²) in [5.74, 6) is 0.656. The number of sulfonamides is 1. The molecule has 5 nitrogen and oxygen atoms in total. The minimum absolute atomic E-state index is 0.297. The summed E-state index contributed by atoms with van der Waals surface area (Å²) < 4.78 is 32.6. The molecule has 1 aromatic heterocycles. The Morgan fingerprint density at radius 3 is 2.79 bits per heavy atom. The van der Waals surface area contributed by atoms with E-state index in [9.17, 15) is 13.5 Å². The summed E-state index contributed by atoms with van der Waals surface area (Å²) in [6.07, 6.45) is 0.497. The molecule has 106 valence electrons. The number of nitrogens with one attached hydrogen (secondary N) is 1. The van der Waals surface area contributed by atoms with E-state index < -0.39 is 27.8 Å². The van der Waals surface area contributed by atoms with Crippen molar-refractivity contribution in [1.82, 2.24) is 4.72 Å². The molecule has 1 aliphatic carbocycles. The van der Waals surface area contributed by atoms with E-state index in [1.807, 2.05) is 11.4 Å². The van der Waals surface area contributed by atoms with Crippen molar-refractivity contribution in [3.05, 3.63) is 16.3 Å². The van der Waals surface area contributed by atoms with Crippen LogP contribution < -0.4 is 9.46 Å². The highest BCUT2D eigenvalue weighted by molar-refractivity contribution is 7.90. The second-order valence-corrected chi connectivity index (χ2v) is 8.58. The van der Waals surface area contributed by atoms with Crippen LogP contribution >= 0.6 is 11.3 Å². The van der Waals surface area contributed by atoms with Crippen LogP contribution in [0, 0.1) is 0 Å². The fourth-order valence-corrected chi connectivity index (χ4v) is 4.80. The number of thiophene rings is 1. The summed E-state index contributed by atoms with van der Waals surface area (Å²) in [6.45, 7) is 3.52. The second kappa shape index (κ2) is 4.18. The normalized spacial score (nSPS) is 29.6. The number of hydrogen-bond donors (Lipinski definition) is 2. The largest absolute Gasteiger partial charge is 0.484 e. The zero-order chi connectivity index (χ0) is 13.8. The number of aliphatic hydroxyl groups excluding tert-OH is 1. The van der Waals surface area contributed by atoms with Crippen molar-refractivity contribution in [2.45, 2.75) is 49.7 Å². The van der Waals surface area contributed by atoms with Crippen molar-refractivity contribution in [2.75, 3.05) is 0 Å². The lowest BCUT2D eigenvalue weighted by atomic mass is 9.91. The van der Waals surface area contributed by atoms with Crippen molar-refractivity contribution in [2.24, 2.45) is 0 Å². The van der Waals surface area contributed by atoms with Crippen LogP contribution in [0.15, 0.2) is 11.4 Å². The van der Waals surface area contributed by atoms with E-state index >= 15 is 0 Å². The molecule has 1 aliphatic heterocycles. The van der Waals surface area contributed by atoms with Gasteiger partial charge in [-0.15, -0.1) is 11.3 Å². The average Bonchev–Trinajstić information content (AvgIpc) is 3.07. The smallest absolute Gasteiger partial charge is 0.215 e. The van der Waals surface area contributed by atoms with Gasteiger partial charge in [0.25, 0.3) is 0 Å². The van der Waals surface area contributed by atoms with Gasteiger partial charge in [0.2, 0.25) is 10.0 Å². The highest BCUT2D eigenvalue weighted by atomic mass is 32.2. The highest BCUT2D eigenvalue weighted by Gasteiger charge is 2.47. The van der Waals surface area contributed by atoms with E-state index in [0.29, 0.717) is 18.6 Å². The van der Waals surface area contributed by atoms with Crippen molar-refractivity contribution in [1.29, 1.82) is 0 Å². The molecule has 0 radical (unpaired) electrons. The SMILES string of the molecule is CC1(C)Oc2ccsc2[C@@H](NS(=O)(=O)C2CC2)[C@@H]1O. The molecule has 3 rings (SSSR count). The molecule has 0 spiro atoms. The van der Waals surface area contributed by atoms with Crippen LogP contribution in [0.3, 0.4) is 0 Å². The topological polar surface area (TPSA) is 75.6 Å². The molecular formula is C12H17NO4S2. The average molecular weight is 303 g/mol. The molecule has 1 fully saturated rings. The number of ether oxygens (including phenoxy) is 1. The summed E-state index contributed by atoms with van der Waals surface area (Å²) in [5, 5.41) is 11.9. The summed E-state index contributed by atoms with van der Waals surface area (Å²) in [5.41, 5.74) is -0.815. The first kappa shape index (κ1) is 13.4. The molecule has 0 bridgehead atoms. The molecule has 7 heteroatoms. The molecule has 19 heavy (non-hydrogen) atoms. The first-order valence-corrected chi connectivity index (χ1v) is 8.69. The number of aliphatic hydroxyl groups is 1. The van der Waals surface area contributed by atoms with Crippen molar-refractivity contribution >= 4 is 21.4 Å². The Hall–Kier alpha value is -0.630. The third-order valence-electron chi connectivity index (χ3n) is 3.60. The first-order chi connectivity index (χ1) is 8.81. The Kier molecular flexibility index (Phi) is 2.94. The van der Waals surface area contributed by atoms with Crippen LogP contribution in [0.25, 0.3) is 0 Å². The maximum Gasteiger partial charge on any atom is 0.215 e. The Morgan fingerprint density at radius 2 is 2.16 bits per heavy atom. The monoisotopic (exact) mass is 303 g/mol. The zero-order valence-electron chi connectivity index (χ0n) is 10.8. The summed E-state index contributed by atoms with van der Waals surface area (Å²) in [4.78, 5) is 0.746. The lowest BCUT2D eigenvalue weighted by molar-refractivity contribution is -0.0587. The molecule has 2 N–H and O–H groups in total. The van der Waals surface area contributed by atoms with Crippen LogP contribution in [0.4, 0.5) is 0 Å². The van der Waals surface area contributed by atoms with Gasteiger partial charge in [-0.2, -0.15) is 0 Å². The third-order valence-corrected chi connectivity index (χ3v) is 6.51. The molecule has 0 unspecified atom stereocenters. The molecule has 2 heterocycles. The van der Waals surface area contributed by atoms with Gasteiger partial charge in [0.05, 0.1) is 16.2 Å². The fourth-order valence-electron chi connectivity index (χ4n) is 2.28. The molecule has 2 atom stereocenters. The van der Waals surface area contributed by atoms with Crippen LogP contribution in [-0.4, -0.2) is 30.5 Å². The Labute approximate surface area is 116 Å². The van der Waals surface area contributed by atoms with E-state index in [4.69, 9.17) is 4.74 Å². The van der Waals surface area contributed by atoms with E-state index in [0.717, 1.165) is 4.88 Å². The predicted molar refractivity (Wildman–Crippen MR) is 72.9 cm³/mol. The van der Waals surface area contributed by atoms with Crippen LogP contribution in [0.5, 0.6) is 5.75 Å². The van der Waals surface area contributed by atoms with Gasteiger partial charge >= 0.3 is 0 Å². The summed E-state index contributed by atoms with van der Waals surface area (Å²) >= 11 is 1.40. The Balaban J connectivity index is 1.95. The molecule has 0 aromatic carbocycles. The molecule has 1 aromatic rings. The second-order valence-electron chi connectivity index (χ2n) is 5.64. The highest BCUT2D eigenvalue weighted by Crippen LogP contribution is 2.44. The first-order valence-electron chi connectivity index (χ1n) is 6.27. The summed E-state index contributed by atoms with van der Waals surface area (Å²) in [7, 11) is -3.35. The minimum Gasteiger partial charge on any atom is -0.484 e. The zero-order valence-corrected chi connectivity index (χ0v) is 12.4.